The second kappa shape index (κ2) is 7.89. The molecule has 120 valence electrons. The number of methoxy groups -OCH3 is 2. The maximum Gasteiger partial charge on any atom is 0.255 e. The maximum atomic E-state index is 12.4. The molecule has 1 N–H and O–H groups in total. The Morgan fingerprint density at radius 3 is 2.65 bits per heavy atom. The molecule has 0 aliphatic heterocycles. The van der Waals surface area contributed by atoms with Crippen molar-refractivity contribution in [2.75, 3.05) is 26.1 Å². The Hall–Kier alpha value is -2.95. The van der Waals surface area contributed by atoms with Crippen molar-refractivity contribution < 1.29 is 19.0 Å². The standard InChI is InChI=1S/C18H19NO4/c1-4-10-23-15-7-5-6-13(11-15)18(20)19-16-9-8-14(21-2)12-17(16)22-3/h4-9,11-12H,1,10H2,2-3H3,(H,19,20). The first kappa shape index (κ1) is 16.4. The molecule has 0 atom stereocenters. The predicted octanol–water partition coefficient (Wildman–Crippen LogP) is 3.52. The highest BCUT2D eigenvalue weighted by molar-refractivity contribution is 6.05. The smallest absolute Gasteiger partial charge is 0.255 e. The summed E-state index contributed by atoms with van der Waals surface area (Å²) < 4.78 is 15.8. The fraction of sp³-hybridized carbons (Fsp3) is 0.167. The van der Waals surface area contributed by atoms with Crippen LogP contribution in [0.2, 0.25) is 0 Å². The number of amides is 1. The Morgan fingerprint density at radius 1 is 1.13 bits per heavy atom. The van der Waals surface area contributed by atoms with Gasteiger partial charge < -0.3 is 19.5 Å². The summed E-state index contributed by atoms with van der Waals surface area (Å²) in [5.41, 5.74) is 1.06. The summed E-state index contributed by atoms with van der Waals surface area (Å²) in [7, 11) is 3.11. The minimum atomic E-state index is -0.252. The number of rotatable bonds is 7. The van der Waals surface area contributed by atoms with Gasteiger partial charge in [0.2, 0.25) is 0 Å². The Bertz CT molecular complexity index is 697. The van der Waals surface area contributed by atoms with E-state index in [4.69, 9.17) is 14.2 Å². The monoisotopic (exact) mass is 313 g/mol. The minimum Gasteiger partial charge on any atom is -0.497 e. The van der Waals surface area contributed by atoms with E-state index in [1.165, 1.54) is 7.11 Å². The second-order valence-corrected chi connectivity index (χ2v) is 4.65. The summed E-state index contributed by atoms with van der Waals surface area (Å²) >= 11 is 0. The van der Waals surface area contributed by atoms with Gasteiger partial charge in [0.25, 0.3) is 5.91 Å². The van der Waals surface area contributed by atoms with Crippen LogP contribution in [0.1, 0.15) is 10.4 Å². The lowest BCUT2D eigenvalue weighted by molar-refractivity contribution is 0.102. The van der Waals surface area contributed by atoms with E-state index in [9.17, 15) is 4.79 Å². The fourth-order valence-electron chi connectivity index (χ4n) is 1.98. The summed E-state index contributed by atoms with van der Waals surface area (Å²) in [6, 6.07) is 12.1. The van der Waals surface area contributed by atoms with Crippen molar-refractivity contribution in [1.29, 1.82) is 0 Å². The number of benzene rings is 2. The van der Waals surface area contributed by atoms with Crippen LogP contribution in [-0.2, 0) is 0 Å². The molecule has 0 heterocycles. The molecular formula is C18H19NO4. The molecule has 0 bridgehead atoms. The number of carbonyl (C=O) groups is 1. The Morgan fingerprint density at radius 2 is 1.96 bits per heavy atom. The molecule has 1 amide bonds. The van der Waals surface area contributed by atoms with E-state index in [0.717, 1.165) is 0 Å². The minimum absolute atomic E-state index is 0.252. The molecule has 0 aliphatic rings. The van der Waals surface area contributed by atoms with Crippen LogP contribution < -0.4 is 19.5 Å². The van der Waals surface area contributed by atoms with Crippen LogP contribution in [0.25, 0.3) is 0 Å². The van der Waals surface area contributed by atoms with Crippen LogP contribution in [-0.4, -0.2) is 26.7 Å². The molecule has 0 saturated carbocycles. The molecule has 0 aromatic heterocycles. The zero-order valence-corrected chi connectivity index (χ0v) is 13.2. The maximum absolute atomic E-state index is 12.4. The van der Waals surface area contributed by atoms with Gasteiger partial charge in [-0.2, -0.15) is 0 Å². The van der Waals surface area contributed by atoms with E-state index in [1.54, 1.807) is 55.7 Å². The number of hydrogen-bond donors (Lipinski definition) is 1. The molecule has 0 saturated heterocycles. The van der Waals surface area contributed by atoms with E-state index in [-0.39, 0.29) is 5.91 Å². The second-order valence-electron chi connectivity index (χ2n) is 4.65. The van der Waals surface area contributed by atoms with Crippen LogP contribution >= 0.6 is 0 Å². The fourth-order valence-corrected chi connectivity index (χ4v) is 1.98. The van der Waals surface area contributed by atoms with Crippen LogP contribution in [0, 0.1) is 0 Å². The van der Waals surface area contributed by atoms with Crippen LogP contribution in [0.3, 0.4) is 0 Å². The first-order valence-corrected chi connectivity index (χ1v) is 7.05. The van der Waals surface area contributed by atoms with Crippen molar-refractivity contribution in [2.24, 2.45) is 0 Å². The van der Waals surface area contributed by atoms with Crippen molar-refractivity contribution >= 4 is 11.6 Å². The van der Waals surface area contributed by atoms with Gasteiger partial charge >= 0.3 is 0 Å². The SMILES string of the molecule is C=CCOc1cccc(C(=O)Nc2ccc(OC)cc2OC)c1. The number of carbonyl (C=O) groups excluding carboxylic acids is 1. The van der Waals surface area contributed by atoms with Gasteiger partial charge in [-0.1, -0.05) is 18.7 Å². The molecule has 0 radical (unpaired) electrons. The molecule has 2 aromatic carbocycles. The Balaban J connectivity index is 2.17. The first-order chi connectivity index (χ1) is 11.2. The van der Waals surface area contributed by atoms with Gasteiger partial charge in [0.15, 0.2) is 0 Å². The number of ether oxygens (including phenoxy) is 3. The van der Waals surface area contributed by atoms with Crippen molar-refractivity contribution in [2.45, 2.75) is 0 Å². The molecule has 2 aromatic rings. The number of nitrogens with one attached hydrogen (secondary N) is 1. The molecule has 5 heteroatoms. The Kier molecular flexibility index (Phi) is 5.63. The molecule has 0 aliphatic carbocycles. The third-order valence-electron chi connectivity index (χ3n) is 3.12. The first-order valence-electron chi connectivity index (χ1n) is 7.05. The third-order valence-corrected chi connectivity index (χ3v) is 3.12. The molecule has 5 nitrogen and oxygen atoms in total. The van der Waals surface area contributed by atoms with E-state index in [1.807, 2.05) is 0 Å². The largest absolute Gasteiger partial charge is 0.497 e. The number of anilines is 1. The number of hydrogen-bond acceptors (Lipinski definition) is 4. The molecule has 0 unspecified atom stereocenters. The van der Waals surface area contributed by atoms with Gasteiger partial charge in [-0.05, 0) is 30.3 Å². The van der Waals surface area contributed by atoms with Gasteiger partial charge in [-0.3, -0.25) is 4.79 Å². The summed E-state index contributed by atoms with van der Waals surface area (Å²) in [4.78, 5) is 12.4. The molecule has 0 spiro atoms. The lowest BCUT2D eigenvalue weighted by Gasteiger charge is -2.12. The highest BCUT2D eigenvalue weighted by atomic mass is 16.5. The zero-order valence-electron chi connectivity index (χ0n) is 13.2. The van der Waals surface area contributed by atoms with Gasteiger partial charge in [0.05, 0.1) is 19.9 Å². The van der Waals surface area contributed by atoms with Crippen molar-refractivity contribution in [1.82, 2.24) is 0 Å². The third kappa shape index (κ3) is 4.26. The zero-order chi connectivity index (χ0) is 16.7. The molecule has 0 fully saturated rings. The summed E-state index contributed by atoms with van der Waals surface area (Å²) in [5.74, 6) is 1.54. The highest BCUT2D eigenvalue weighted by Crippen LogP contribution is 2.29. The van der Waals surface area contributed by atoms with E-state index < -0.39 is 0 Å². The van der Waals surface area contributed by atoms with Gasteiger partial charge in [-0.25, -0.2) is 0 Å². The quantitative estimate of drug-likeness (QED) is 0.795. The average molecular weight is 313 g/mol. The van der Waals surface area contributed by atoms with Gasteiger partial charge in [0.1, 0.15) is 23.9 Å². The predicted molar refractivity (Wildman–Crippen MR) is 89.6 cm³/mol. The van der Waals surface area contributed by atoms with E-state index in [0.29, 0.717) is 35.1 Å². The van der Waals surface area contributed by atoms with Crippen LogP contribution in [0.5, 0.6) is 17.2 Å². The molecule has 23 heavy (non-hydrogen) atoms. The van der Waals surface area contributed by atoms with Crippen LogP contribution in [0.15, 0.2) is 55.1 Å². The normalized spacial score (nSPS) is 9.83. The van der Waals surface area contributed by atoms with Gasteiger partial charge in [0, 0.05) is 11.6 Å². The van der Waals surface area contributed by atoms with Crippen LogP contribution in [0.4, 0.5) is 5.69 Å². The van der Waals surface area contributed by atoms with E-state index in [2.05, 4.69) is 11.9 Å². The molecule has 2 rings (SSSR count). The van der Waals surface area contributed by atoms with Crippen molar-refractivity contribution in [3.63, 3.8) is 0 Å². The van der Waals surface area contributed by atoms with E-state index >= 15 is 0 Å². The van der Waals surface area contributed by atoms with Crippen molar-refractivity contribution in [3.05, 3.63) is 60.7 Å². The Labute approximate surface area is 135 Å². The van der Waals surface area contributed by atoms with Crippen molar-refractivity contribution in [3.8, 4) is 17.2 Å². The molecular weight excluding hydrogens is 294 g/mol. The lowest BCUT2D eigenvalue weighted by Crippen LogP contribution is -2.12. The lowest BCUT2D eigenvalue weighted by atomic mass is 10.2. The summed E-state index contributed by atoms with van der Waals surface area (Å²) in [5, 5.41) is 2.82. The van der Waals surface area contributed by atoms with Gasteiger partial charge in [-0.15, -0.1) is 0 Å². The topological polar surface area (TPSA) is 56.8 Å². The average Bonchev–Trinajstić information content (AvgIpc) is 2.60. The highest BCUT2D eigenvalue weighted by Gasteiger charge is 2.11. The summed E-state index contributed by atoms with van der Waals surface area (Å²) in [6.45, 7) is 3.98. The summed E-state index contributed by atoms with van der Waals surface area (Å²) in [6.07, 6.45) is 1.65.